The zero-order chi connectivity index (χ0) is 14.1. The van der Waals surface area contributed by atoms with Crippen molar-refractivity contribution >= 4 is 27.8 Å². The molecule has 2 aromatic rings. The van der Waals surface area contributed by atoms with Crippen molar-refractivity contribution in [3.05, 3.63) is 15.4 Å². The first-order chi connectivity index (χ1) is 9.65. The van der Waals surface area contributed by atoms with Crippen LogP contribution in [-0.2, 0) is 6.42 Å². The van der Waals surface area contributed by atoms with E-state index in [1.165, 1.54) is 48.0 Å². The average molecular weight is 293 g/mol. The number of rotatable bonds is 3. The first-order valence-corrected chi connectivity index (χ1v) is 7.90. The molecule has 0 unspecified atom stereocenters. The molecule has 0 radical (unpaired) electrons. The number of anilines is 2. The van der Waals surface area contributed by atoms with Gasteiger partial charge in [0.15, 0.2) is 5.82 Å². The highest BCUT2D eigenvalue weighted by molar-refractivity contribution is 7.16. The molecule has 0 atom stereocenters. The fourth-order valence-electron chi connectivity index (χ4n) is 2.82. The van der Waals surface area contributed by atoms with Gasteiger partial charge in [-0.25, -0.2) is 0 Å². The van der Waals surface area contributed by atoms with Crippen LogP contribution in [0.1, 0.15) is 43.5 Å². The molecule has 108 valence electrons. The SMILES string of the molecule is Nc1nc2sc(CCC3CCCCC3)nn2c(=O)c1N. The molecule has 7 heteroatoms. The molecule has 2 heterocycles. The van der Waals surface area contributed by atoms with Gasteiger partial charge in [0.2, 0.25) is 4.96 Å². The molecule has 1 fully saturated rings. The second-order valence-electron chi connectivity index (χ2n) is 5.45. The van der Waals surface area contributed by atoms with Crippen LogP contribution in [0.2, 0.25) is 0 Å². The van der Waals surface area contributed by atoms with Gasteiger partial charge in [0.05, 0.1) is 0 Å². The van der Waals surface area contributed by atoms with E-state index >= 15 is 0 Å². The fraction of sp³-hybridized carbons (Fsp3) is 0.615. The van der Waals surface area contributed by atoms with E-state index in [9.17, 15) is 4.79 Å². The zero-order valence-corrected chi connectivity index (χ0v) is 12.2. The Morgan fingerprint density at radius 2 is 2.00 bits per heavy atom. The molecule has 6 nitrogen and oxygen atoms in total. The molecule has 4 N–H and O–H groups in total. The summed E-state index contributed by atoms with van der Waals surface area (Å²) in [6, 6.07) is 0. The summed E-state index contributed by atoms with van der Waals surface area (Å²) in [4.78, 5) is 16.6. The normalized spacial score (nSPS) is 16.8. The maximum atomic E-state index is 11.9. The van der Waals surface area contributed by atoms with Crippen LogP contribution < -0.4 is 17.0 Å². The zero-order valence-electron chi connectivity index (χ0n) is 11.3. The molecule has 1 aliphatic carbocycles. The van der Waals surface area contributed by atoms with Crippen LogP contribution in [0.3, 0.4) is 0 Å². The molecular weight excluding hydrogens is 274 g/mol. The van der Waals surface area contributed by atoms with Crippen molar-refractivity contribution in [1.82, 2.24) is 14.6 Å². The van der Waals surface area contributed by atoms with Crippen molar-refractivity contribution in [2.75, 3.05) is 11.5 Å². The largest absolute Gasteiger partial charge is 0.391 e. The van der Waals surface area contributed by atoms with Crippen LogP contribution in [0, 0.1) is 5.92 Å². The van der Waals surface area contributed by atoms with Gasteiger partial charge >= 0.3 is 5.56 Å². The van der Waals surface area contributed by atoms with Gasteiger partial charge in [0.25, 0.3) is 0 Å². The molecule has 20 heavy (non-hydrogen) atoms. The van der Waals surface area contributed by atoms with E-state index in [1.54, 1.807) is 0 Å². The highest BCUT2D eigenvalue weighted by atomic mass is 32.1. The van der Waals surface area contributed by atoms with Crippen molar-refractivity contribution < 1.29 is 0 Å². The number of nitrogens with zero attached hydrogens (tertiary/aromatic N) is 3. The summed E-state index contributed by atoms with van der Waals surface area (Å²) in [6.45, 7) is 0. The van der Waals surface area contributed by atoms with E-state index in [0.29, 0.717) is 4.96 Å². The first-order valence-electron chi connectivity index (χ1n) is 7.09. The summed E-state index contributed by atoms with van der Waals surface area (Å²) in [7, 11) is 0. The van der Waals surface area contributed by atoms with E-state index < -0.39 is 0 Å². The minimum absolute atomic E-state index is 0.0216. The number of fused-ring (bicyclic) bond motifs is 1. The number of nitrogens with two attached hydrogens (primary N) is 2. The number of aryl methyl sites for hydroxylation is 1. The molecule has 0 amide bonds. The minimum atomic E-state index is -0.368. The Morgan fingerprint density at radius 3 is 2.75 bits per heavy atom. The average Bonchev–Trinajstić information content (AvgIpc) is 2.87. The lowest BCUT2D eigenvalue weighted by Gasteiger charge is -2.20. The monoisotopic (exact) mass is 293 g/mol. The highest BCUT2D eigenvalue weighted by Gasteiger charge is 2.16. The lowest BCUT2D eigenvalue weighted by molar-refractivity contribution is 0.339. The van der Waals surface area contributed by atoms with E-state index in [2.05, 4.69) is 10.1 Å². The number of nitrogen functional groups attached to an aromatic ring is 2. The topological polar surface area (TPSA) is 99.3 Å². The van der Waals surface area contributed by atoms with E-state index in [0.717, 1.165) is 23.8 Å². The van der Waals surface area contributed by atoms with Gasteiger partial charge in [-0.05, 0) is 12.3 Å². The summed E-state index contributed by atoms with van der Waals surface area (Å²) in [5.41, 5.74) is 10.8. The summed E-state index contributed by atoms with van der Waals surface area (Å²) in [5.74, 6) is 0.896. The number of hydrogen-bond acceptors (Lipinski definition) is 6. The highest BCUT2D eigenvalue weighted by Crippen LogP contribution is 2.28. The Morgan fingerprint density at radius 1 is 1.25 bits per heavy atom. The van der Waals surface area contributed by atoms with Crippen LogP contribution in [-0.4, -0.2) is 14.6 Å². The minimum Gasteiger partial charge on any atom is -0.391 e. The predicted molar refractivity (Wildman–Crippen MR) is 80.9 cm³/mol. The van der Waals surface area contributed by atoms with Crippen molar-refractivity contribution in [3.8, 4) is 0 Å². The van der Waals surface area contributed by atoms with Crippen LogP contribution in [0.15, 0.2) is 4.79 Å². The molecule has 0 saturated heterocycles. The van der Waals surface area contributed by atoms with Crippen molar-refractivity contribution in [2.24, 2.45) is 5.92 Å². The van der Waals surface area contributed by atoms with Crippen LogP contribution in [0.5, 0.6) is 0 Å². The van der Waals surface area contributed by atoms with Gasteiger partial charge in [-0.3, -0.25) is 4.79 Å². The Hall–Kier alpha value is -1.63. The van der Waals surface area contributed by atoms with Crippen LogP contribution in [0.25, 0.3) is 4.96 Å². The molecule has 0 bridgehead atoms. The number of aromatic nitrogens is 3. The Balaban J connectivity index is 1.79. The molecule has 3 rings (SSSR count). The predicted octanol–water partition coefficient (Wildman–Crippen LogP) is 1.83. The van der Waals surface area contributed by atoms with Gasteiger partial charge < -0.3 is 11.5 Å². The van der Waals surface area contributed by atoms with E-state index in [-0.39, 0.29) is 17.1 Å². The lowest BCUT2D eigenvalue weighted by Crippen LogP contribution is -2.21. The third-order valence-corrected chi connectivity index (χ3v) is 4.98. The van der Waals surface area contributed by atoms with Crippen LogP contribution >= 0.6 is 11.3 Å². The second-order valence-corrected chi connectivity index (χ2v) is 6.49. The standard InChI is InChI=1S/C13H19N5OS/c14-10-11(15)16-13-18(12(10)19)17-9(20-13)7-6-8-4-2-1-3-5-8/h8H,1-7,14-15H2. The quantitative estimate of drug-likeness (QED) is 0.899. The summed E-state index contributed by atoms with van der Waals surface area (Å²) >= 11 is 1.43. The smallest absolute Gasteiger partial charge is 0.300 e. The summed E-state index contributed by atoms with van der Waals surface area (Å²) < 4.78 is 1.27. The Bertz CT molecular complexity index is 671. The van der Waals surface area contributed by atoms with Gasteiger partial charge in [0.1, 0.15) is 10.7 Å². The molecule has 0 aromatic carbocycles. The van der Waals surface area contributed by atoms with E-state index in [4.69, 9.17) is 11.5 Å². The fourth-order valence-corrected chi connectivity index (χ4v) is 3.72. The number of hydrogen-bond donors (Lipinski definition) is 2. The van der Waals surface area contributed by atoms with E-state index in [1.807, 2.05) is 0 Å². The third-order valence-electron chi connectivity index (χ3n) is 4.01. The summed E-state index contributed by atoms with van der Waals surface area (Å²) in [6.07, 6.45) is 8.75. The molecule has 1 saturated carbocycles. The molecular formula is C13H19N5OS. The van der Waals surface area contributed by atoms with Gasteiger partial charge in [0, 0.05) is 6.42 Å². The maximum Gasteiger partial charge on any atom is 0.300 e. The lowest BCUT2D eigenvalue weighted by atomic mass is 9.86. The van der Waals surface area contributed by atoms with Gasteiger partial charge in [-0.15, -0.1) is 0 Å². The molecule has 1 aliphatic rings. The molecule has 0 spiro atoms. The first kappa shape index (κ1) is 13.4. The van der Waals surface area contributed by atoms with Crippen LogP contribution in [0.4, 0.5) is 11.5 Å². The van der Waals surface area contributed by atoms with Crippen molar-refractivity contribution in [1.29, 1.82) is 0 Å². The Kier molecular flexibility index (Phi) is 3.60. The molecule has 2 aromatic heterocycles. The Labute approximate surface area is 120 Å². The summed E-state index contributed by atoms with van der Waals surface area (Å²) in [5, 5.41) is 5.26. The van der Waals surface area contributed by atoms with Gasteiger partial charge in [-0.1, -0.05) is 43.4 Å². The molecule has 0 aliphatic heterocycles. The maximum absolute atomic E-state index is 11.9. The van der Waals surface area contributed by atoms with Gasteiger partial charge in [-0.2, -0.15) is 14.6 Å². The van der Waals surface area contributed by atoms with Crippen molar-refractivity contribution in [2.45, 2.75) is 44.9 Å². The van der Waals surface area contributed by atoms with Crippen molar-refractivity contribution in [3.63, 3.8) is 0 Å². The third kappa shape index (κ3) is 2.49. The second kappa shape index (κ2) is 5.40.